The molecule has 5 heteroatoms. The first-order chi connectivity index (χ1) is 15.3. The Labute approximate surface area is 186 Å². The zero-order valence-corrected chi connectivity index (χ0v) is 18.4. The van der Waals surface area contributed by atoms with Crippen LogP contribution in [0.15, 0.2) is 48.8 Å². The standard InChI is InChI=1S/C26H35N3O2/c30-19-25-26(22-7-5-21(6-8-22)23-4-3-11-27-16-23)24-18-28(12-1-2-13-29(24)25)17-20-9-14-31-15-10-20/h3-8,11,16,20,24-26,30H,1-2,9-10,12-15,17-19H2/t24-,25+,26+/m0/s1. The fourth-order valence-corrected chi connectivity index (χ4v) is 5.90. The summed E-state index contributed by atoms with van der Waals surface area (Å²) in [5.74, 6) is 1.18. The number of rotatable bonds is 5. The highest BCUT2D eigenvalue weighted by Gasteiger charge is 2.49. The van der Waals surface area contributed by atoms with Gasteiger partial charge in [0.2, 0.25) is 0 Å². The summed E-state index contributed by atoms with van der Waals surface area (Å²) in [4.78, 5) is 9.53. The Morgan fingerprint density at radius 3 is 2.55 bits per heavy atom. The van der Waals surface area contributed by atoms with Crippen molar-refractivity contribution >= 4 is 0 Å². The molecule has 1 N–H and O–H groups in total. The van der Waals surface area contributed by atoms with E-state index in [-0.39, 0.29) is 12.6 Å². The number of fused-ring (bicyclic) bond motifs is 1. The quantitative estimate of drug-likeness (QED) is 0.802. The Morgan fingerprint density at radius 2 is 1.81 bits per heavy atom. The second-order valence-electron chi connectivity index (χ2n) is 9.47. The van der Waals surface area contributed by atoms with E-state index < -0.39 is 0 Å². The Morgan fingerprint density at radius 1 is 1.00 bits per heavy atom. The summed E-state index contributed by atoms with van der Waals surface area (Å²) in [5.41, 5.74) is 3.71. The topological polar surface area (TPSA) is 48.8 Å². The number of pyridine rings is 1. The van der Waals surface area contributed by atoms with E-state index in [9.17, 15) is 5.11 Å². The molecule has 4 heterocycles. The Hall–Kier alpha value is -1.79. The number of benzene rings is 1. The number of nitrogens with zero attached hydrogens (tertiary/aromatic N) is 3. The molecule has 3 aliphatic rings. The van der Waals surface area contributed by atoms with Crippen LogP contribution in [0.1, 0.15) is 37.2 Å². The summed E-state index contributed by atoms with van der Waals surface area (Å²) in [6, 6.07) is 13.8. The number of aliphatic hydroxyl groups excluding tert-OH is 1. The molecule has 0 unspecified atom stereocenters. The van der Waals surface area contributed by atoms with Gasteiger partial charge in [0.1, 0.15) is 0 Å². The van der Waals surface area contributed by atoms with E-state index in [1.165, 1.54) is 49.9 Å². The molecule has 5 rings (SSSR count). The van der Waals surface area contributed by atoms with Crippen molar-refractivity contribution in [1.29, 1.82) is 0 Å². The van der Waals surface area contributed by atoms with E-state index in [1.807, 2.05) is 18.5 Å². The summed E-state index contributed by atoms with van der Waals surface area (Å²) in [6.45, 7) is 6.72. The van der Waals surface area contributed by atoms with Gasteiger partial charge in [-0.25, -0.2) is 0 Å². The lowest BCUT2D eigenvalue weighted by Gasteiger charge is -2.57. The molecule has 0 bridgehead atoms. The highest BCUT2D eigenvalue weighted by Crippen LogP contribution is 2.42. The monoisotopic (exact) mass is 421 g/mol. The highest BCUT2D eigenvalue weighted by atomic mass is 16.5. The molecule has 0 aliphatic carbocycles. The predicted molar refractivity (Wildman–Crippen MR) is 123 cm³/mol. The molecular formula is C26H35N3O2. The van der Waals surface area contributed by atoms with E-state index >= 15 is 0 Å². The number of aliphatic hydroxyl groups is 1. The maximum absolute atomic E-state index is 10.2. The van der Waals surface area contributed by atoms with E-state index in [2.05, 4.69) is 45.1 Å². The first-order valence-corrected chi connectivity index (χ1v) is 12.0. The zero-order chi connectivity index (χ0) is 21.0. The minimum Gasteiger partial charge on any atom is -0.395 e. The van der Waals surface area contributed by atoms with Gasteiger partial charge in [0.05, 0.1) is 6.61 Å². The first kappa shape index (κ1) is 21.1. The third-order valence-corrected chi connectivity index (χ3v) is 7.60. The second-order valence-corrected chi connectivity index (χ2v) is 9.47. The average molecular weight is 422 g/mol. The van der Waals surface area contributed by atoms with Crippen molar-refractivity contribution in [2.24, 2.45) is 5.92 Å². The summed E-state index contributed by atoms with van der Waals surface area (Å²) < 4.78 is 5.57. The molecule has 0 amide bonds. The SMILES string of the molecule is OC[C@@H]1[C@H](c2ccc(-c3cccnc3)cc2)[C@@H]2CN(CC3CCOCC3)CCCCN12. The molecule has 3 fully saturated rings. The molecule has 0 spiro atoms. The van der Waals surface area contributed by atoms with Gasteiger partial charge in [-0.15, -0.1) is 0 Å². The van der Waals surface area contributed by atoms with Crippen LogP contribution >= 0.6 is 0 Å². The van der Waals surface area contributed by atoms with Crippen LogP contribution < -0.4 is 0 Å². The molecule has 2 aromatic rings. The van der Waals surface area contributed by atoms with Crippen LogP contribution in [0.5, 0.6) is 0 Å². The van der Waals surface area contributed by atoms with Crippen LogP contribution in [-0.2, 0) is 4.74 Å². The van der Waals surface area contributed by atoms with Crippen molar-refractivity contribution in [2.75, 3.05) is 46.0 Å². The van der Waals surface area contributed by atoms with Crippen molar-refractivity contribution in [2.45, 2.75) is 43.7 Å². The summed E-state index contributed by atoms with van der Waals surface area (Å²) >= 11 is 0. The minimum absolute atomic E-state index is 0.242. The number of hydrogen-bond acceptors (Lipinski definition) is 5. The van der Waals surface area contributed by atoms with Gasteiger partial charge in [0, 0.05) is 56.7 Å². The summed E-state index contributed by atoms with van der Waals surface area (Å²) in [6.07, 6.45) is 8.61. The van der Waals surface area contributed by atoms with Gasteiger partial charge in [-0.2, -0.15) is 0 Å². The smallest absolute Gasteiger partial charge is 0.0593 e. The molecule has 0 saturated carbocycles. The molecule has 31 heavy (non-hydrogen) atoms. The highest BCUT2D eigenvalue weighted by molar-refractivity contribution is 5.62. The third-order valence-electron chi connectivity index (χ3n) is 7.60. The Kier molecular flexibility index (Phi) is 6.65. The van der Waals surface area contributed by atoms with Crippen LogP contribution in [0.2, 0.25) is 0 Å². The largest absolute Gasteiger partial charge is 0.395 e. The first-order valence-electron chi connectivity index (χ1n) is 12.0. The van der Waals surface area contributed by atoms with Crippen LogP contribution in [0, 0.1) is 5.92 Å². The molecular weight excluding hydrogens is 386 g/mol. The average Bonchev–Trinajstić information content (AvgIpc) is 2.81. The molecule has 3 atom stereocenters. The van der Waals surface area contributed by atoms with Crippen LogP contribution in [0.4, 0.5) is 0 Å². The second kappa shape index (κ2) is 9.78. The van der Waals surface area contributed by atoms with Gasteiger partial charge in [0.25, 0.3) is 0 Å². The van der Waals surface area contributed by atoms with E-state index in [0.717, 1.165) is 37.8 Å². The van der Waals surface area contributed by atoms with E-state index in [4.69, 9.17) is 4.74 Å². The van der Waals surface area contributed by atoms with E-state index in [0.29, 0.717) is 12.0 Å². The van der Waals surface area contributed by atoms with Crippen molar-refractivity contribution in [3.8, 4) is 11.1 Å². The number of aromatic nitrogens is 1. The fraction of sp³-hybridized carbons (Fsp3) is 0.577. The Balaban J connectivity index is 1.32. The molecule has 166 valence electrons. The molecule has 3 saturated heterocycles. The van der Waals surface area contributed by atoms with Crippen molar-refractivity contribution < 1.29 is 9.84 Å². The van der Waals surface area contributed by atoms with Gasteiger partial charge >= 0.3 is 0 Å². The fourth-order valence-electron chi connectivity index (χ4n) is 5.90. The molecule has 0 radical (unpaired) electrons. The van der Waals surface area contributed by atoms with Gasteiger partial charge in [-0.1, -0.05) is 30.3 Å². The van der Waals surface area contributed by atoms with Gasteiger partial charge in [-0.05, 0) is 67.4 Å². The number of hydrogen-bond donors (Lipinski definition) is 1. The van der Waals surface area contributed by atoms with Crippen LogP contribution in [-0.4, -0.2) is 78.0 Å². The van der Waals surface area contributed by atoms with Crippen molar-refractivity contribution in [3.63, 3.8) is 0 Å². The lowest BCUT2D eigenvalue weighted by atomic mass is 9.74. The molecule has 1 aromatic carbocycles. The van der Waals surface area contributed by atoms with Crippen molar-refractivity contribution in [3.05, 3.63) is 54.4 Å². The third kappa shape index (κ3) is 4.56. The maximum atomic E-state index is 10.2. The van der Waals surface area contributed by atoms with Crippen LogP contribution in [0.25, 0.3) is 11.1 Å². The van der Waals surface area contributed by atoms with Crippen LogP contribution in [0.3, 0.4) is 0 Å². The molecule has 1 aromatic heterocycles. The Bertz CT molecular complexity index is 822. The summed E-state index contributed by atoms with van der Waals surface area (Å²) in [7, 11) is 0. The van der Waals surface area contributed by atoms with E-state index in [1.54, 1.807) is 0 Å². The van der Waals surface area contributed by atoms with Gasteiger partial charge in [-0.3, -0.25) is 9.88 Å². The zero-order valence-electron chi connectivity index (χ0n) is 18.4. The normalized spacial score (nSPS) is 28.4. The molecule has 3 aliphatic heterocycles. The maximum Gasteiger partial charge on any atom is 0.0593 e. The molecule has 5 nitrogen and oxygen atoms in total. The summed E-state index contributed by atoms with van der Waals surface area (Å²) in [5, 5.41) is 10.2. The lowest BCUT2D eigenvalue weighted by molar-refractivity contribution is -0.0677. The van der Waals surface area contributed by atoms with Gasteiger partial charge in [0.15, 0.2) is 0 Å². The lowest BCUT2D eigenvalue weighted by Crippen LogP contribution is -2.67. The number of ether oxygens (including phenoxy) is 1. The van der Waals surface area contributed by atoms with Gasteiger partial charge < -0.3 is 14.7 Å². The minimum atomic E-state index is 0.242. The van der Waals surface area contributed by atoms with Crippen molar-refractivity contribution in [1.82, 2.24) is 14.8 Å². The predicted octanol–water partition coefficient (Wildman–Crippen LogP) is 3.40.